The van der Waals surface area contributed by atoms with Crippen molar-refractivity contribution in [1.29, 1.82) is 0 Å². The van der Waals surface area contributed by atoms with Gasteiger partial charge in [-0.1, -0.05) is 36.4 Å². The van der Waals surface area contributed by atoms with Crippen LogP contribution in [-0.4, -0.2) is 68.3 Å². The Balaban J connectivity index is 0.000000451. The van der Waals surface area contributed by atoms with Gasteiger partial charge in [0, 0.05) is 50.7 Å². The van der Waals surface area contributed by atoms with E-state index in [4.69, 9.17) is 9.90 Å². The molecule has 0 amide bonds. The number of aromatic nitrogens is 4. The molecule has 0 aliphatic carbocycles. The number of anilines is 1. The minimum Gasteiger partial charge on any atom is -0.475 e. The molecule has 0 radical (unpaired) electrons. The van der Waals surface area contributed by atoms with E-state index in [2.05, 4.69) is 66.1 Å². The van der Waals surface area contributed by atoms with E-state index in [0.29, 0.717) is 5.52 Å². The molecule has 12 heteroatoms. The lowest BCUT2D eigenvalue weighted by molar-refractivity contribution is -0.192. The van der Waals surface area contributed by atoms with Gasteiger partial charge < -0.3 is 15.0 Å². The summed E-state index contributed by atoms with van der Waals surface area (Å²) in [7, 11) is 0. The minimum atomic E-state index is -5.08. The zero-order valence-corrected chi connectivity index (χ0v) is 22.2. The molecular weight excluding hydrogens is 552 g/mol. The van der Waals surface area contributed by atoms with Gasteiger partial charge >= 0.3 is 12.1 Å². The molecule has 1 aliphatic rings. The summed E-state index contributed by atoms with van der Waals surface area (Å²) < 4.78 is 45.3. The number of aromatic amines is 1. The van der Waals surface area contributed by atoms with Gasteiger partial charge in [0.1, 0.15) is 17.5 Å². The highest BCUT2D eigenvalue weighted by Gasteiger charge is 2.38. The summed E-state index contributed by atoms with van der Waals surface area (Å²) in [6.07, 6.45) is 0.202. The van der Waals surface area contributed by atoms with Gasteiger partial charge in [0.2, 0.25) is 0 Å². The molecule has 0 bridgehead atoms. The number of hydrogen-bond donors (Lipinski definition) is 2. The summed E-state index contributed by atoms with van der Waals surface area (Å²) in [5.74, 6) is -1.34. The molecule has 0 atom stereocenters. The van der Waals surface area contributed by atoms with Crippen LogP contribution in [0.1, 0.15) is 5.56 Å². The lowest BCUT2D eigenvalue weighted by atomic mass is 10.0. The maximum atomic E-state index is 13.6. The molecule has 1 aliphatic heterocycles. The zero-order chi connectivity index (χ0) is 29.7. The first-order valence-electron chi connectivity index (χ1n) is 13.0. The van der Waals surface area contributed by atoms with Crippen LogP contribution in [0.4, 0.5) is 23.4 Å². The van der Waals surface area contributed by atoms with Crippen molar-refractivity contribution in [2.75, 3.05) is 31.1 Å². The Morgan fingerprint density at radius 1 is 0.905 bits per heavy atom. The first kappa shape index (κ1) is 28.7. The second-order valence-electron chi connectivity index (χ2n) is 9.66. The smallest absolute Gasteiger partial charge is 0.475 e. The summed E-state index contributed by atoms with van der Waals surface area (Å²) in [5.41, 5.74) is 6.03. The molecule has 2 N–H and O–H groups in total. The number of nitrogens with one attached hydrogen (secondary N) is 1. The monoisotopic (exact) mass is 578 g/mol. The number of carbonyl (C=O) groups is 1. The first-order chi connectivity index (χ1) is 20.2. The summed E-state index contributed by atoms with van der Waals surface area (Å²) in [6, 6.07) is 21.6. The van der Waals surface area contributed by atoms with E-state index in [0.717, 1.165) is 61.0 Å². The summed E-state index contributed by atoms with van der Waals surface area (Å²) in [4.78, 5) is 30.2. The molecule has 0 spiro atoms. The van der Waals surface area contributed by atoms with Gasteiger partial charge in [-0.2, -0.15) is 13.2 Å². The minimum absolute atomic E-state index is 0.270. The fraction of sp³-hybridized carbons (Fsp3) is 0.200. The molecule has 3 aromatic carbocycles. The second-order valence-corrected chi connectivity index (χ2v) is 9.66. The van der Waals surface area contributed by atoms with Crippen molar-refractivity contribution in [2.24, 2.45) is 0 Å². The molecular formula is C30H26F4N6O2. The fourth-order valence-electron chi connectivity index (χ4n) is 4.66. The van der Waals surface area contributed by atoms with Gasteiger partial charge in [0.25, 0.3) is 0 Å². The van der Waals surface area contributed by atoms with Crippen LogP contribution >= 0.6 is 0 Å². The molecule has 1 fully saturated rings. The lowest BCUT2D eigenvalue weighted by Gasteiger charge is -2.35. The van der Waals surface area contributed by atoms with Crippen LogP contribution in [0.15, 0.2) is 85.3 Å². The van der Waals surface area contributed by atoms with Gasteiger partial charge in [-0.25, -0.2) is 19.2 Å². The van der Waals surface area contributed by atoms with Crippen molar-refractivity contribution >= 4 is 22.8 Å². The number of H-pyrrole nitrogens is 1. The van der Waals surface area contributed by atoms with Crippen molar-refractivity contribution in [1.82, 2.24) is 24.8 Å². The third-order valence-electron chi connectivity index (χ3n) is 6.73. The van der Waals surface area contributed by atoms with Gasteiger partial charge in [0.15, 0.2) is 0 Å². The summed E-state index contributed by atoms with van der Waals surface area (Å²) in [6.45, 7) is 4.78. The molecule has 6 rings (SSSR count). The van der Waals surface area contributed by atoms with Crippen LogP contribution in [0.3, 0.4) is 0 Å². The number of piperazine rings is 1. The highest BCUT2D eigenvalue weighted by Crippen LogP contribution is 2.28. The quantitative estimate of drug-likeness (QED) is 0.255. The number of nitrogens with zero attached hydrogens (tertiary/aromatic N) is 5. The molecule has 0 unspecified atom stereocenters. The molecule has 0 saturated carbocycles. The molecule has 5 aromatic rings. The van der Waals surface area contributed by atoms with Crippen molar-refractivity contribution in [3.05, 3.63) is 96.7 Å². The van der Waals surface area contributed by atoms with Crippen LogP contribution in [0.2, 0.25) is 0 Å². The zero-order valence-electron chi connectivity index (χ0n) is 22.2. The average molecular weight is 579 g/mol. The third-order valence-corrected chi connectivity index (χ3v) is 6.73. The van der Waals surface area contributed by atoms with Crippen LogP contribution in [0, 0.1) is 5.82 Å². The number of fused-ring (bicyclic) bond motifs is 1. The molecule has 216 valence electrons. The molecule has 42 heavy (non-hydrogen) atoms. The Bertz CT molecular complexity index is 1670. The Labute approximate surface area is 238 Å². The predicted octanol–water partition coefficient (Wildman–Crippen LogP) is 5.78. The topological polar surface area (TPSA) is 98.2 Å². The van der Waals surface area contributed by atoms with Crippen molar-refractivity contribution in [3.63, 3.8) is 0 Å². The van der Waals surface area contributed by atoms with E-state index in [1.165, 1.54) is 23.3 Å². The fourth-order valence-corrected chi connectivity index (χ4v) is 4.66. The van der Waals surface area contributed by atoms with E-state index < -0.39 is 12.1 Å². The van der Waals surface area contributed by atoms with Gasteiger partial charge in [-0.05, 0) is 47.0 Å². The molecule has 2 aromatic heterocycles. The number of carboxylic acids is 1. The van der Waals surface area contributed by atoms with Crippen molar-refractivity contribution in [2.45, 2.75) is 12.7 Å². The summed E-state index contributed by atoms with van der Waals surface area (Å²) in [5, 5.41) is 7.12. The van der Waals surface area contributed by atoms with E-state index in [9.17, 15) is 17.6 Å². The van der Waals surface area contributed by atoms with Gasteiger partial charge in [-0.15, -0.1) is 0 Å². The largest absolute Gasteiger partial charge is 0.490 e. The third kappa shape index (κ3) is 7.07. The SMILES string of the molecule is Fc1ccc2nc(-c3cccc(-c4cccc(CN5CCN(c6cnccn6)CC5)c4)c3)[nH]c2c1.O=C(O)C(F)(F)F. The second kappa shape index (κ2) is 12.4. The van der Waals surface area contributed by atoms with Gasteiger partial charge in [0.05, 0.1) is 17.2 Å². The Hall–Kier alpha value is -4.84. The highest BCUT2D eigenvalue weighted by atomic mass is 19.4. The van der Waals surface area contributed by atoms with Crippen LogP contribution in [0.25, 0.3) is 33.5 Å². The Morgan fingerprint density at radius 3 is 2.29 bits per heavy atom. The van der Waals surface area contributed by atoms with Crippen LogP contribution in [-0.2, 0) is 11.3 Å². The Morgan fingerprint density at radius 2 is 1.60 bits per heavy atom. The highest BCUT2D eigenvalue weighted by molar-refractivity contribution is 5.80. The van der Waals surface area contributed by atoms with E-state index in [1.807, 2.05) is 18.3 Å². The van der Waals surface area contributed by atoms with E-state index in [-0.39, 0.29) is 5.82 Å². The van der Waals surface area contributed by atoms with Crippen LogP contribution < -0.4 is 4.90 Å². The number of alkyl halides is 3. The normalized spacial score (nSPS) is 14.0. The number of benzene rings is 3. The molecule has 3 heterocycles. The van der Waals surface area contributed by atoms with Crippen molar-refractivity contribution < 1.29 is 27.5 Å². The predicted molar refractivity (Wildman–Crippen MR) is 150 cm³/mol. The van der Waals surface area contributed by atoms with Crippen LogP contribution in [0.5, 0.6) is 0 Å². The average Bonchev–Trinajstić information content (AvgIpc) is 3.41. The number of hydrogen-bond acceptors (Lipinski definition) is 6. The number of carboxylic acid groups (broad SMARTS) is 1. The molecule has 8 nitrogen and oxygen atoms in total. The first-order valence-corrected chi connectivity index (χ1v) is 13.0. The standard InChI is InChI=1S/C28H25FN6.C2HF3O2/c29-24-7-8-25-26(17-24)33-28(32-25)23-6-2-5-22(16-23)21-4-1-3-20(15-21)19-34-11-13-35(14-12-34)27-18-30-9-10-31-27;3-2(4,5)1(6)7/h1-10,15-18H,11-14,19H2,(H,32,33);(H,6,7). The Kier molecular flexibility index (Phi) is 8.43. The number of imidazole rings is 1. The van der Waals surface area contributed by atoms with Gasteiger partial charge in [-0.3, -0.25) is 9.88 Å². The molecule has 1 saturated heterocycles. The number of rotatable bonds is 5. The lowest BCUT2D eigenvalue weighted by Crippen LogP contribution is -2.46. The number of aliphatic carboxylic acids is 1. The summed E-state index contributed by atoms with van der Waals surface area (Å²) >= 11 is 0. The van der Waals surface area contributed by atoms with Crippen molar-refractivity contribution in [3.8, 4) is 22.5 Å². The van der Waals surface area contributed by atoms with E-state index >= 15 is 0 Å². The maximum Gasteiger partial charge on any atom is 0.490 e. The number of halogens is 4. The maximum absolute atomic E-state index is 13.6. The van der Waals surface area contributed by atoms with E-state index in [1.54, 1.807) is 18.5 Å².